The third-order valence-corrected chi connectivity index (χ3v) is 28.8. The minimum Gasteiger partial charge on any atom is -0.445 e. The summed E-state index contributed by atoms with van der Waals surface area (Å²) >= 11 is 0. The van der Waals surface area contributed by atoms with Gasteiger partial charge in [-0.3, -0.25) is 19.2 Å². The second-order valence-corrected chi connectivity index (χ2v) is 38.5. The fraction of sp³-hybridized carbons (Fsp3) is 0.808. The van der Waals surface area contributed by atoms with Crippen LogP contribution in [0.5, 0.6) is 0 Å². The van der Waals surface area contributed by atoms with Crippen molar-refractivity contribution < 1.29 is 47.1 Å². The predicted octanol–water partition coefficient (Wildman–Crippen LogP) is 10.9. The van der Waals surface area contributed by atoms with Gasteiger partial charge in [0.25, 0.3) is 5.91 Å². The fourth-order valence-corrected chi connectivity index (χ4v) is 11.8. The smallest absolute Gasteiger partial charge is 0.404 e. The zero-order valence-electron chi connectivity index (χ0n) is 47.3. The van der Waals surface area contributed by atoms with Gasteiger partial charge in [-0.25, -0.2) is 9.86 Å². The number of aliphatic hydroxyl groups is 1. The predicted molar refractivity (Wildman–Crippen MR) is 287 cm³/mol. The highest BCUT2D eigenvalue weighted by Gasteiger charge is 2.47. The highest BCUT2D eigenvalue weighted by Crippen LogP contribution is 2.42. The molecule has 16 heteroatoms. The van der Waals surface area contributed by atoms with Gasteiger partial charge < -0.3 is 34.2 Å². The van der Waals surface area contributed by atoms with Crippen molar-refractivity contribution in [1.82, 2.24) is 10.4 Å². The first-order valence-corrected chi connectivity index (χ1v) is 33.6. The van der Waals surface area contributed by atoms with Crippen LogP contribution in [0.2, 0.25) is 54.4 Å². The number of Topliss-reactive ketones (excluding diaryl/α,β-unsaturated/α-hetero) is 2. The van der Waals surface area contributed by atoms with Crippen LogP contribution in [0.1, 0.15) is 117 Å². The minimum absolute atomic E-state index is 0.0295. The van der Waals surface area contributed by atoms with Crippen LogP contribution in [0.4, 0.5) is 4.79 Å². The molecular formula is C52H101N3O10Si3. The number of nitrogens with zero attached hydrogens (tertiary/aromatic N) is 1. The summed E-state index contributed by atoms with van der Waals surface area (Å²) in [6, 6.07) is 0. The normalized spacial score (nSPS) is 19.0. The first kappa shape index (κ1) is 65.7. The largest absolute Gasteiger partial charge is 0.445 e. The molecule has 0 heterocycles. The molecule has 396 valence electrons. The molecule has 0 bridgehead atoms. The average Bonchev–Trinajstić information content (AvgIpc) is 3.20. The van der Waals surface area contributed by atoms with Gasteiger partial charge >= 0.3 is 6.09 Å². The SMILES string of the molecule is C=CC=C[C@H](C)[C@H](OC(N)=O)[C@@H](C)[C@H](O[Si](C)(C)C(C)(C)C)[C@@H](C)C(=O)CNC[C@H](C)[C@@H](O[Si](C)(C)C(C)(C)C)C(C)C=C[C@@H](O)CC(=O)[C@H](C)[C@H](O[Si](C)(C)C(C)(C)C)[C@@H](C)C(=O)N(C)OC. The Balaban J connectivity index is 6.60. The molecule has 13 nitrogen and oxygen atoms in total. The molecule has 0 fully saturated rings. The summed E-state index contributed by atoms with van der Waals surface area (Å²) in [5.74, 6) is -3.26. The van der Waals surface area contributed by atoms with Crippen LogP contribution in [-0.2, 0) is 37.2 Å². The van der Waals surface area contributed by atoms with Gasteiger partial charge in [0.15, 0.2) is 30.7 Å². The van der Waals surface area contributed by atoms with Gasteiger partial charge in [0.1, 0.15) is 11.9 Å². The number of ketones is 2. The second-order valence-electron chi connectivity index (χ2n) is 24.2. The van der Waals surface area contributed by atoms with Crippen LogP contribution in [0, 0.1) is 41.4 Å². The van der Waals surface area contributed by atoms with Gasteiger partial charge in [-0.1, -0.05) is 148 Å². The number of nitrogens with two attached hydrogens (primary N) is 1. The van der Waals surface area contributed by atoms with E-state index in [9.17, 15) is 24.3 Å². The van der Waals surface area contributed by atoms with Gasteiger partial charge in [-0.05, 0) is 66.2 Å². The van der Waals surface area contributed by atoms with E-state index in [1.807, 2.05) is 32.9 Å². The van der Waals surface area contributed by atoms with Crippen LogP contribution >= 0.6 is 0 Å². The topological polar surface area (TPSA) is 176 Å². The molecule has 2 amide bonds. The Hall–Kier alpha value is -2.29. The third-order valence-electron chi connectivity index (χ3n) is 15.4. The molecule has 0 spiro atoms. The lowest BCUT2D eigenvalue weighted by atomic mass is 9.82. The number of carbonyl (C=O) groups is 4. The summed E-state index contributed by atoms with van der Waals surface area (Å²) < 4.78 is 26.6. The number of amides is 2. The maximum atomic E-state index is 14.2. The standard InChI is InChI=1S/C52H101N3O10Si3/c1-26-27-28-34(2)45(62-49(53)60)39(7)46(64-67(22,23)51(12,13)14)38(6)43(58)33-54-32-36(4)44(63-66(20,21)50(9,10)11)35(3)29-30-41(56)31-42(57)37(5)47(40(8)48(59)55(18)61-19)65-68(24,25)52(15,16)17/h26-30,34-41,44-47,54,56H,1,31-33H2,2-25H3,(H2,53,60)/t34-,35?,36-,37-,38-,39+,40+,41+,44-,45-,46+,47-/m0/s1. The molecule has 68 heavy (non-hydrogen) atoms. The quantitative estimate of drug-likeness (QED) is 0.0281. The summed E-state index contributed by atoms with van der Waals surface area (Å²) in [7, 11) is -4.20. The summed E-state index contributed by atoms with van der Waals surface area (Å²) in [6.07, 6.45) is 4.66. The van der Waals surface area contributed by atoms with Crippen molar-refractivity contribution in [3.8, 4) is 0 Å². The zero-order chi connectivity index (χ0) is 53.7. The number of allylic oxidation sites excluding steroid dienone is 2. The number of ether oxygens (including phenoxy) is 1. The number of hydroxylamine groups is 2. The molecule has 0 rings (SSSR count). The first-order chi connectivity index (χ1) is 30.6. The van der Waals surface area contributed by atoms with Gasteiger partial charge in [-0.2, -0.15) is 0 Å². The van der Waals surface area contributed by atoms with Gasteiger partial charge in [-0.15, -0.1) is 0 Å². The highest BCUT2D eigenvalue weighted by atomic mass is 28.4. The summed E-state index contributed by atoms with van der Waals surface area (Å²) in [5.41, 5.74) is 5.59. The van der Waals surface area contributed by atoms with E-state index in [4.69, 9.17) is 28.6 Å². The fourth-order valence-electron chi connectivity index (χ4n) is 7.43. The Morgan fingerprint density at radius 3 is 1.51 bits per heavy atom. The number of nitrogens with one attached hydrogen (secondary N) is 1. The van der Waals surface area contributed by atoms with Crippen LogP contribution < -0.4 is 11.1 Å². The molecule has 0 aromatic heterocycles. The van der Waals surface area contributed by atoms with E-state index >= 15 is 0 Å². The zero-order valence-corrected chi connectivity index (χ0v) is 50.3. The van der Waals surface area contributed by atoms with Crippen molar-refractivity contribution in [3.63, 3.8) is 0 Å². The summed E-state index contributed by atoms with van der Waals surface area (Å²) in [6.45, 7) is 50.1. The molecule has 12 atom stereocenters. The van der Waals surface area contributed by atoms with Crippen molar-refractivity contribution in [2.24, 2.45) is 47.2 Å². The molecule has 0 aliphatic carbocycles. The van der Waals surface area contributed by atoms with E-state index < -0.39 is 73.2 Å². The van der Waals surface area contributed by atoms with Crippen molar-refractivity contribution >= 4 is 48.5 Å². The maximum Gasteiger partial charge on any atom is 0.404 e. The summed E-state index contributed by atoms with van der Waals surface area (Å²) in [4.78, 5) is 58.9. The molecule has 0 radical (unpaired) electrons. The van der Waals surface area contributed by atoms with Gasteiger partial charge in [0.05, 0.1) is 44.0 Å². The van der Waals surface area contributed by atoms with Crippen molar-refractivity contribution in [3.05, 3.63) is 37.0 Å². The molecule has 0 aromatic carbocycles. The number of hydrogen-bond acceptors (Lipinski definition) is 11. The number of rotatable bonds is 29. The number of primary amides is 1. The number of aliphatic hydroxyl groups excluding tert-OH is 1. The molecule has 1 unspecified atom stereocenters. The Morgan fingerprint density at radius 2 is 1.09 bits per heavy atom. The van der Waals surface area contributed by atoms with E-state index in [0.29, 0.717) is 6.54 Å². The van der Waals surface area contributed by atoms with Crippen molar-refractivity contribution in [2.75, 3.05) is 27.2 Å². The molecule has 0 saturated carbocycles. The second kappa shape index (κ2) is 27.0. The Bertz CT molecular complexity index is 1680. The van der Waals surface area contributed by atoms with E-state index in [0.717, 1.165) is 5.06 Å². The van der Waals surface area contributed by atoms with E-state index in [2.05, 4.69) is 127 Å². The lowest BCUT2D eigenvalue weighted by molar-refractivity contribution is -0.177. The molecule has 0 aliphatic rings. The third kappa shape index (κ3) is 19.7. The Morgan fingerprint density at radius 1 is 0.662 bits per heavy atom. The van der Waals surface area contributed by atoms with Crippen molar-refractivity contribution in [1.29, 1.82) is 0 Å². The maximum absolute atomic E-state index is 14.2. The molecule has 4 N–H and O–H groups in total. The highest BCUT2D eigenvalue weighted by molar-refractivity contribution is 6.75. The Labute approximate surface area is 417 Å². The molecule has 0 saturated heterocycles. The van der Waals surface area contributed by atoms with E-state index in [-0.39, 0.29) is 75.3 Å². The first-order valence-electron chi connectivity index (χ1n) is 24.8. The summed E-state index contributed by atoms with van der Waals surface area (Å²) in [5, 5.41) is 15.6. The monoisotopic (exact) mass is 1010 g/mol. The lowest BCUT2D eigenvalue weighted by Crippen LogP contribution is -2.52. The number of hydrogen-bond donors (Lipinski definition) is 3. The van der Waals surface area contributed by atoms with E-state index in [1.54, 1.807) is 39.1 Å². The van der Waals surface area contributed by atoms with Crippen LogP contribution in [0.3, 0.4) is 0 Å². The number of carbonyl (C=O) groups excluding carboxylic acids is 4. The lowest BCUT2D eigenvalue weighted by Gasteiger charge is -2.44. The molecule has 0 aliphatic heterocycles. The minimum atomic E-state index is -2.42. The van der Waals surface area contributed by atoms with E-state index in [1.165, 1.54) is 7.11 Å². The van der Waals surface area contributed by atoms with Crippen LogP contribution in [0.15, 0.2) is 37.0 Å². The van der Waals surface area contributed by atoms with Crippen LogP contribution in [0.25, 0.3) is 0 Å². The Kier molecular flexibility index (Phi) is 26.0. The van der Waals surface area contributed by atoms with Crippen molar-refractivity contribution in [2.45, 2.75) is 202 Å². The van der Waals surface area contributed by atoms with Gasteiger partial charge in [0, 0.05) is 43.7 Å². The van der Waals surface area contributed by atoms with Crippen LogP contribution in [-0.4, -0.2) is 116 Å². The average molecular weight is 1010 g/mol. The molecular weight excluding hydrogens is 911 g/mol. The van der Waals surface area contributed by atoms with Gasteiger partial charge in [0.2, 0.25) is 0 Å². The molecule has 0 aromatic rings.